The normalized spacial score (nSPS) is 16.7. The molecule has 3 N–H and O–H groups in total. The topological polar surface area (TPSA) is 88.7 Å². The lowest BCUT2D eigenvalue weighted by atomic mass is 10.0. The number of urea groups is 1. The molecule has 21 heavy (non-hydrogen) atoms. The molecule has 1 aromatic heterocycles. The second kappa shape index (κ2) is 6.17. The molecule has 0 saturated carbocycles. The van der Waals surface area contributed by atoms with Crippen LogP contribution < -0.4 is 5.32 Å². The highest BCUT2D eigenvalue weighted by Crippen LogP contribution is 2.19. The first kappa shape index (κ1) is 15.4. The Labute approximate surface area is 123 Å². The van der Waals surface area contributed by atoms with Crippen molar-refractivity contribution in [1.29, 1.82) is 0 Å². The number of likely N-dealkylation sites (tertiary alicyclic amines) is 1. The minimum atomic E-state index is -1.08. The van der Waals surface area contributed by atoms with Crippen LogP contribution in [0.4, 0.5) is 10.5 Å². The summed E-state index contributed by atoms with van der Waals surface area (Å²) in [7, 11) is 3.82. The highest BCUT2D eigenvalue weighted by molar-refractivity contribution is 5.99. The Morgan fingerprint density at radius 1 is 1.43 bits per heavy atom. The average Bonchev–Trinajstić information content (AvgIpc) is 2.80. The molecular formula is C14H22N4O3. The molecule has 2 amide bonds. The quantitative estimate of drug-likeness (QED) is 0.789. The number of carbonyl (C=O) groups is 2. The summed E-state index contributed by atoms with van der Waals surface area (Å²) in [6.07, 6.45) is 1.86. The van der Waals surface area contributed by atoms with Crippen LogP contribution >= 0.6 is 0 Å². The fourth-order valence-electron chi connectivity index (χ4n) is 2.61. The van der Waals surface area contributed by atoms with Crippen molar-refractivity contribution in [2.75, 3.05) is 32.5 Å². The molecule has 0 aromatic carbocycles. The first-order valence-electron chi connectivity index (χ1n) is 7.03. The highest BCUT2D eigenvalue weighted by Gasteiger charge is 2.25. The minimum absolute atomic E-state index is 0.0117. The van der Waals surface area contributed by atoms with Gasteiger partial charge in [-0.3, -0.25) is 0 Å². The van der Waals surface area contributed by atoms with Crippen molar-refractivity contribution in [3.8, 4) is 0 Å². The van der Waals surface area contributed by atoms with E-state index in [9.17, 15) is 9.59 Å². The number of nitrogens with zero attached hydrogens (tertiary/aromatic N) is 2. The lowest BCUT2D eigenvalue weighted by Gasteiger charge is -2.35. The molecule has 2 rings (SSSR count). The van der Waals surface area contributed by atoms with Gasteiger partial charge in [-0.25, -0.2) is 9.59 Å². The molecule has 1 aromatic rings. The number of carboxylic acid groups (broad SMARTS) is 1. The number of aryl methyl sites for hydroxylation is 1. The molecule has 1 aliphatic heterocycles. The van der Waals surface area contributed by atoms with E-state index >= 15 is 0 Å². The van der Waals surface area contributed by atoms with E-state index in [4.69, 9.17) is 5.11 Å². The summed E-state index contributed by atoms with van der Waals surface area (Å²) in [6, 6.07) is 1.55. The molecular weight excluding hydrogens is 272 g/mol. The fourth-order valence-corrected chi connectivity index (χ4v) is 2.61. The predicted octanol–water partition coefficient (Wildman–Crippen LogP) is 1.58. The molecule has 0 spiro atoms. The average molecular weight is 294 g/mol. The number of hydrogen-bond donors (Lipinski definition) is 3. The molecule has 2 heterocycles. The summed E-state index contributed by atoms with van der Waals surface area (Å²) in [6.45, 7) is 3.68. The van der Waals surface area contributed by atoms with Gasteiger partial charge in [-0.05, 0) is 46.0 Å². The first-order chi connectivity index (χ1) is 9.88. The number of piperidine rings is 1. The van der Waals surface area contributed by atoms with Crippen LogP contribution in [0.1, 0.15) is 29.0 Å². The number of aromatic nitrogens is 1. The van der Waals surface area contributed by atoms with Crippen LogP contribution in [0.15, 0.2) is 6.07 Å². The van der Waals surface area contributed by atoms with Crippen molar-refractivity contribution in [1.82, 2.24) is 14.8 Å². The first-order valence-corrected chi connectivity index (χ1v) is 7.03. The zero-order chi connectivity index (χ0) is 15.6. The number of amides is 2. The monoisotopic (exact) mass is 294 g/mol. The van der Waals surface area contributed by atoms with Gasteiger partial charge in [0.05, 0.1) is 5.69 Å². The lowest BCUT2D eigenvalue weighted by molar-refractivity contribution is 0.0692. The van der Waals surface area contributed by atoms with E-state index in [1.807, 2.05) is 0 Å². The Balaban J connectivity index is 2.02. The Hall–Kier alpha value is -2.02. The Morgan fingerprint density at radius 3 is 2.62 bits per heavy atom. The van der Waals surface area contributed by atoms with Gasteiger partial charge in [-0.15, -0.1) is 0 Å². The number of H-pyrrole nitrogens is 1. The second-order valence-electron chi connectivity index (χ2n) is 5.62. The number of carboxylic acids is 1. The maximum atomic E-state index is 12.3. The van der Waals surface area contributed by atoms with Crippen LogP contribution in [0.2, 0.25) is 0 Å². The smallest absolute Gasteiger partial charge is 0.354 e. The van der Waals surface area contributed by atoms with E-state index < -0.39 is 5.97 Å². The molecule has 7 heteroatoms. The molecule has 0 unspecified atom stereocenters. The van der Waals surface area contributed by atoms with E-state index in [0.29, 0.717) is 11.4 Å². The van der Waals surface area contributed by atoms with E-state index in [-0.39, 0.29) is 17.8 Å². The van der Waals surface area contributed by atoms with Gasteiger partial charge in [0.25, 0.3) is 0 Å². The SMILES string of the molecule is Cc1cc(NC(=O)N(C)C2CCN(C)CC2)c(C(=O)O)[nH]1. The number of nitrogens with one attached hydrogen (secondary N) is 2. The number of aromatic amines is 1. The van der Waals surface area contributed by atoms with Crippen LogP contribution in [0.25, 0.3) is 0 Å². The number of carbonyl (C=O) groups excluding carboxylic acids is 1. The largest absolute Gasteiger partial charge is 0.477 e. The van der Waals surface area contributed by atoms with Gasteiger partial charge in [0.2, 0.25) is 0 Å². The van der Waals surface area contributed by atoms with E-state index in [1.54, 1.807) is 24.9 Å². The van der Waals surface area contributed by atoms with Crippen molar-refractivity contribution in [2.24, 2.45) is 0 Å². The van der Waals surface area contributed by atoms with Crippen molar-refractivity contribution >= 4 is 17.7 Å². The van der Waals surface area contributed by atoms with Crippen LogP contribution in [0.5, 0.6) is 0 Å². The standard InChI is InChI=1S/C14H22N4O3/c1-9-8-11(12(15-9)13(19)20)16-14(21)18(3)10-4-6-17(2)7-5-10/h8,10,15H,4-7H2,1-3H3,(H,16,21)(H,19,20). The van der Waals surface area contributed by atoms with Gasteiger partial charge in [-0.1, -0.05) is 0 Å². The minimum Gasteiger partial charge on any atom is -0.477 e. The number of anilines is 1. The molecule has 0 atom stereocenters. The van der Waals surface area contributed by atoms with E-state index in [2.05, 4.69) is 22.2 Å². The molecule has 0 aliphatic carbocycles. The van der Waals surface area contributed by atoms with Crippen LogP contribution in [-0.2, 0) is 0 Å². The van der Waals surface area contributed by atoms with Gasteiger partial charge in [0, 0.05) is 18.8 Å². The molecule has 1 fully saturated rings. The van der Waals surface area contributed by atoms with Gasteiger partial charge in [-0.2, -0.15) is 0 Å². The molecule has 1 saturated heterocycles. The summed E-state index contributed by atoms with van der Waals surface area (Å²) in [5, 5.41) is 11.8. The maximum Gasteiger partial charge on any atom is 0.354 e. The predicted molar refractivity (Wildman–Crippen MR) is 79.8 cm³/mol. The lowest BCUT2D eigenvalue weighted by Crippen LogP contribution is -2.46. The molecule has 7 nitrogen and oxygen atoms in total. The Bertz CT molecular complexity index is 532. The van der Waals surface area contributed by atoms with Gasteiger partial charge in [0.1, 0.15) is 5.69 Å². The molecule has 116 valence electrons. The third-order valence-electron chi connectivity index (χ3n) is 3.96. The van der Waals surface area contributed by atoms with E-state index in [0.717, 1.165) is 25.9 Å². The van der Waals surface area contributed by atoms with Crippen LogP contribution in [0.3, 0.4) is 0 Å². The summed E-state index contributed by atoms with van der Waals surface area (Å²) in [4.78, 5) is 30.0. The van der Waals surface area contributed by atoms with Gasteiger partial charge >= 0.3 is 12.0 Å². The van der Waals surface area contributed by atoms with Crippen molar-refractivity contribution in [2.45, 2.75) is 25.8 Å². The summed E-state index contributed by atoms with van der Waals surface area (Å²) >= 11 is 0. The zero-order valence-electron chi connectivity index (χ0n) is 12.6. The van der Waals surface area contributed by atoms with Crippen molar-refractivity contribution in [3.63, 3.8) is 0 Å². The fraction of sp³-hybridized carbons (Fsp3) is 0.571. The summed E-state index contributed by atoms with van der Waals surface area (Å²) in [5.74, 6) is -1.08. The highest BCUT2D eigenvalue weighted by atomic mass is 16.4. The molecule has 1 aliphatic rings. The van der Waals surface area contributed by atoms with Crippen molar-refractivity contribution < 1.29 is 14.7 Å². The molecule has 0 radical (unpaired) electrons. The summed E-state index contributed by atoms with van der Waals surface area (Å²) < 4.78 is 0. The van der Waals surface area contributed by atoms with Crippen LogP contribution in [-0.4, -0.2) is 65.1 Å². The van der Waals surface area contributed by atoms with Gasteiger partial charge in [0.15, 0.2) is 0 Å². The Kier molecular flexibility index (Phi) is 4.52. The van der Waals surface area contributed by atoms with Crippen molar-refractivity contribution in [3.05, 3.63) is 17.5 Å². The maximum absolute atomic E-state index is 12.3. The number of aromatic carboxylic acids is 1. The zero-order valence-corrected chi connectivity index (χ0v) is 12.6. The number of rotatable bonds is 3. The van der Waals surface area contributed by atoms with Gasteiger partial charge < -0.3 is 25.2 Å². The van der Waals surface area contributed by atoms with E-state index in [1.165, 1.54) is 0 Å². The third kappa shape index (κ3) is 3.55. The second-order valence-corrected chi connectivity index (χ2v) is 5.62. The Morgan fingerprint density at radius 2 is 2.05 bits per heavy atom. The third-order valence-corrected chi connectivity index (χ3v) is 3.96. The number of hydrogen-bond acceptors (Lipinski definition) is 3. The molecule has 0 bridgehead atoms. The summed E-state index contributed by atoms with van der Waals surface area (Å²) in [5.41, 5.74) is 1.02. The van der Waals surface area contributed by atoms with Crippen LogP contribution in [0, 0.1) is 6.92 Å².